The van der Waals surface area contributed by atoms with Gasteiger partial charge in [-0.2, -0.15) is 0 Å². The van der Waals surface area contributed by atoms with Crippen molar-refractivity contribution in [2.24, 2.45) is 0 Å². The summed E-state index contributed by atoms with van der Waals surface area (Å²) in [6.45, 7) is 17.9. The van der Waals surface area contributed by atoms with Gasteiger partial charge >= 0.3 is 0 Å². The molecule has 1 unspecified atom stereocenters. The standard InChI is InChI=1S/C19H33OP/c1-9-19(21,10-2)20-16-12-11-14(17(3,4)5)13-15(16)18(6,7)8/h11-13H,9-10,21H2,1-8H3. The smallest absolute Gasteiger partial charge is 0.124 e. The van der Waals surface area contributed by atoms with E-state index in [0.717, 1.165) is 18.6 Å². The summed E-state index contributed by atoms with van der Waals surface area (Å²) in [6.07, 6.45) is 1.97. The molecule has 0 N–H and O–H groups in total. The topological polar surface area (TPSA) is 9.23 Å². The molecule has 1 nitrogen and oxygen atoms in total. The van der Waals surface area contributed by atoms with Gasteiger partial charge in [0.15, 0.2) is 0 Å². The molecule has 21 heavy (non-hydrogen) atoms. The van der Waals surface area contributed by atoms with Gasteiger partial charge in [-0.05, 0) is 40.9 Å². The van der Waals surface area contributed by atoms with Crippen molar-refractivity contribution in [3.63, 3.8) is 0 Å². The summed E-state index contributed by atoms with van der Waals surface area (Å²) in [4.78, 5) is 0. The fraction of sp³-hybridized carbons (Fsp3) is 0.684. The Bertz CT molecular complexity index is 473. The zero-order chi connectivity index (χ0) is 16.5. The van der Waals surface area contributed by atoms with Crippen LogP contribution in [0.2, 0.25) is 0 Å². The van der Waals surface area contributed by atoms with Gasteiger partial charge in [-0.15, -0.1) is 0 Å². The first-order valence-electron chi connectivity index (χ1n) is 8.06. The third-order valence-corrected chi connectivity index (χ3v) is 5.10. The molecule has 0 aliphatic heterocycles. The lowest BCUT2D eigenvalue weighted by Gasteiger charge is -2.33. The molecule has 1 aromatic carbocycles. The van der Waals surface area contributed by atoms with E-state index in [9.17, 15) is 0 Å². The SMILES string of the molecule is CCC(P)(CC)Oc1ccc(C(C)(C)C)cc1C(C)(C)C. The van der Waals surface area contributed by atoms with Crippen molar-refractivity contribution in [3.8, 4) is 5.75 Å². The Hall–Kier alpha value is -0.550. The lowest BCUT2D eigenvalue weighted by Crippen LogP contribution is -2.28. The zero-order valence-corrected chi connectivity index (χ0v) is 16.3. The minimum absolute atomic E-state index is 0.0731. The number of hydrogen-bond acceptors (Lipinski definition) is 1. The van der Waals surface area contributed by atoms with Gasteiger partial charge in [-0.25, -0.2) is 0 Å². The second-order valence-electron chi connectivity index (χ2n) is 8.08. The summed E-state index contributed by atoms with van der Waals surface area (Å²) >= 11 is 0. The van der Waals surface area contributed by atoms with Gasteiger partial charge in [0.1, 0.15) is 11.1 Å². The van der Waals surface area contributed by atoms with Gasteiger partial charge in [0.25, 0.3) is 0 Å². The molecule has 0 saturated heterocycles. The Morgan fingerprint density at radius 1 is 0.905 bits per heavy atom. The van der Waals surface area contributed by atoms with Gasteiger partial charge in [-0.1, -0.05) is 76.8 Å². The van der Waals surface area contributed by atoms with E-state index in [0.29, 0.717) is 0 Å². The quantitative estimate of drug-likeness (QED) is 0.615. The van der Waals surface area contributed by atoms with Crippen LogP contribution in [0.3, 0.4) is 0 Å². The number of rotatable bonds is 4. The molecule has 1 aromatic rings. The summed E-state index contributed by atoms with van der Waals surface area (Å²) in [5, 5.41) is -0.163. The maximum absolute atomic E-state index is 6.39. The summed E-state index contributed by atoms with van der Waals surface area (Å²) in [6, 6.07) is 6.69. The molecule has 0 saturated carbocycles. The molecular weight excluding hydrogens is 275 g/mol. The molecule has 0 spiro atoms. The number of ether oxygens (including phenoxy) is 1. The molecular formula is C19H33OP. The molecule has 0 fully saturated rings. The highest BCUT2D eigenvalue weighted by Gasteiger charge is 2.27. The average Bonchev–Trinajstić information content (AvgIpc) is 2.36. The summed E-state index contributed by atoms with van der Waals surface area (Å²) in [5.74, 6) is 1.02. The molecule has 0 aliphatic rings. The lowest BCUT2D eigenvalue weighted by atomic mass is 9.80. The van der Waals surface area contributed by atoms with E-state index in [-0.39, 0.29) is 16.2 Å². The third kappa shape index (κ3) is 4.71. The first kappa shape index (κ1) is 18.5. The van der Waals surface area contributed by atoms with Crippen LogP contribution < -0.4 is 4.74 Å². The van der Waals surface area contributed by atoms with E-state index < -0.39 is 0 Å². The van der Waals surface area contributed by atoms with Crippen molar-refractivity contribution in [1.82, 2.24) is 0 Å². The zero-order valence-electron chi connectivity index (χ0n) is 15.1. The predicted molar refractivity (Wildman–Crippen MR) is 97.5 cm³/mol. The molecule has 0 radical (unpaired) electrons. The van der Waals surface area contributed by atoms with Crippen molar-refractivity contribution >= 4 is 9.24 Å². The average molecular weight is 308 g/mol. The predicted octanol–water partition coefficient (Wildman–Crippen LogP) is 6.05. The molecule has 0 aromatic heterocycles. The summed E-state index contributed by atoms with van der Waals surface area (Å²) < 4.78 is 6.39. The van der Waals surface area contributed by atoms with Crippen molar-refractivity contribution < 1.29 is 4.74 Å². The van der Waals surface area contributed by atoms with Crippen LogP contribution >= 0.6 is 9.24 Å². The highest BCUT2D eigenvalue weighted by atomic mass is 31.0. The first-order chi connectivity index (χ1) is 9.43. The van der Waals surface area contributed by atoms with E-state index >= 15 is 0 Å². The Balaban J connectivity index is 3.33. The van der Waals surface area contributed by atoms with Crippen LogP contribution in [0, 0.1) is 0 Å². The van der Waals surface area contributed by atoms with Crippen molar-refractivity contribution in [3.05, 3.63) is 29.3 Å². The fourth-order valence-corrected chi connectivity index (χ4v) is 2.41. The lowest BCUT2D eigenvalue weighted by molar-refractivity contribution is 0.152. The molecule has 2 heteroatoms. The van der Waals surface area contributed by atoms with Crippen LogP contribution in [0.5, 0.6) is 5.75 Å². The Morgan fingerprint density at radius 2 is 1.43 bits per heavy atom. The van der Waals surface area contributed by atoms with Gasteiger partial charge in [0.05, 0.1) is 0 Å². The molecule has 0 amide bonds. The summed E-state index contributed by atoms with van der Waals surface area (Å²) in [5.41, 5.74) is 2.89. The fourth-order valence-electron chi connectivity index (χ4n) is 2.28. The van der Waals surface area contributed by atoms with Gasteiger partial charge in [-0.3, -0.25) is 0 Å². The summed E-state index contributed by atoms with van der Waals surface area (Å²) in [7, 11) is 2.89. The maximum atomic E-state index is 6.39. The second-order valence-corrected chi connectivity index (χ2v) is 9.14. The molecule has 1 atom stereocenters. The van der Waals surface area contributed by atoms with Crippen molar-refractivity contribution in [2.45, 2.75) is 84.4 Å². The monoisotopic (exact) mass is 308 g/mol. The third-order valence-electron chi connectivity index (χ3n) is 4.16. The van der Waals surface area contributed by atoms with Crippen LogP contribution in [0.1, 0.15) is 79.4 Å². The van der Waals surface area contributed by atoms with E-state index in [1.54, 1.807) is 0 Å². The van der Waals surface area contributed by atoms with E-state index in [1.165, 1.54) is 11.1 Å². The van der Waals surface area contributed by atoms with Gasteiger partial charge in [0, 0.05) is 0 Å². The molecule has 0 aliphatic carbocycles. The van der Waals surface area contributed by atoms with E-state index in [4.69, 9.17) is 4.74 Å². The highest BCUT2D eigenvalue weighted by molar-refractivity contribution is 7.18. The van der Waals surface area contributed by atoms with Crippen LogP contribution in [0.15, 0.2) is 18.2 Å². The Morgan fingerprint density at radius 3 is 1.81 bits per heavy atom. The van der Waals surface area contributed by atoms with Crippen LogP contribution in [0.25, 0.3) is 0 Å². The van der Waals surface area contributed by atoms with Gasteiger partial charge < -0.3 is 4.74 Å². The number of hydrogen-bond donors (Lipinski definition) is 0. The molecule has 1 rings (SSSR count). The minimum Gasteiger partial charge on any atom is -0.483 e. The molecule has 120 valence electrons. The Labute approximate surface area is 134 Å². The second kappa shape index (κ2) is 6.29. The largest absolute Gasteiger partial charge is 0.483 e. The van der Waals surface area contributed by atoms with Crippen molar-refractivity contribution in [2.75, 3.05) is 0 Å². The highest BCUT2D eigenvalue weighted by Crippen LogP contribution is 2.39. The normalized spacial score (nSPS) is 13.4. The van der Waals surface area contributed by atoms with E-state index in [1.807, 2.05) is 0 Å². The number of benzene rings is 1. The molecule has 0 bridgehead atoms. The van der Waals surface area contributed by atoms with Gasteiger partial charge in [0.2, 0.25) is 0 Å². The first-order valence-corrected chi connectivity index (χ1v) is 8.63. The minimum atomic E-state index is -0.163. The van der Waals surface area contributed by atoms with Crippen molar-refractivity contribution in [1.29, 1.82) is 0 Å². The van der Waals surface area contributed by atoms with Crippen LogP contribution in [0.4, 0.5) is 0 Å². The maximum Gasteiger partial charge on any atom is 0.124 e. The van der Waals surface area contributed by atoms with Crippen LogP contribution in [-0.4, -0.2) is 5.34 Å². The van der Waals surface area contributed by atoms with Crippen LogP contribution in [-0.2, 0) is 10.8 Å². The Kier molecular flexibility index (Phi) is 5.54. The van der Waals surface area contributed by atoms with E-state index in [2.05, 4.69) is 82.8 Å². The molecule has 0 heterocycles.